The van der Waals surface area contributed by atoms with Crippen LogP contribution in [-0.2, 0) is 6.61 Å². The number of hydrogen-bond acceptors (Lipinski definition) is 4. The summed E-state index contributed by atoms with van der Waals surface area (Å²) in [6.07, 6.45) is 3.22. The molecule has 0 amide bonds. The molecule has 0 saturated heterocycles. The van der Waals surface area contributed by atoms with E-state index in [2.05, 4.69) is 0 Å². The summed E-state index contributed by atoms with van der Waals surface area (Å²) < 4.78 is 16.5. The van der Waals surface area contributed by atoms with E-state index in [9.17, 15) is 4.79 Å². The van der Waals surface area contributed by atoms with E-state index < -0.39 is 0 Å². The Hall–Kier alpha value is -2.66. The molecule has 31 heavy (non-hydrogen) atoms. The standard InChI is InChI=1S/C24H19Cl3O4/c1-29-22-10-8-15(7-9-21(28)18-5-3-4-6-23(18)30-2)11-16(22)14-31-24-19(26)12-17(25)13-20(24)27/h3-13H,14H2,1-2H3/b9-7+. The smallest absolute Gasteiger partial charge is 0.189 e. The zero-order chi connectivity index (χ0) is 22.4. The van der Waals surface area contributed by atoms with Gasteiger partial charge in [-0.05, 0) is 48.0 Å². The van der Waals surface area contributed by atoms with Crippen LogP contribution >= 0.6 is 34.8 Å². The summed E-state index contributed by atoms with van der Waals surface area (Å²) in [4.78, 5) is 12.6. The zero-order valence-corrected chi connectivity index (χ0v) is 19.1. The largest absolute Gasteiger partial charge is 0.496 e. The third-order valence-electron chi connectivity index (χ3n) is 4.44. The molecule has 0 aliphatic heterocycles. The fourth-order valence-corrected chi connectivity index (χ4v) is 3.87. The highest BCUT2D eigenvalue weighted by Crippen LogP contribution is 2.36. The van der Waals surface area contributed by atoms with Gasteiger partial charge in [0.25, 0.3) is 0 Å². The number of carbonyl (C=O) groups excluding carboxylic acids is 1. The second-order valence-electron chi connectivity index (χ2n) is 6.46. The normalized spacial score (nSPS) is 10.9. The first kappa shape index (κ1) is 23.0. The molecule has 0 aliphatic rings. The Labute approximate surface area is 195 Å². The summed E-state index contributed by atoms with van der Waals surface area (Å²) in [5.74, 6) is 1.33. The van der Waals surface area contributed by atoms with Crippen molar-refractivity contribution in [3.63, 3.8) is 0 Å². The Kier molecular flexibility index (Phi) is 7.85. The van der Waals surface area contributed by atoms with Crippen molar-refractivity contribution in [3.8, 4) is 17.2 Å². The average Bonchev–Trinajstić information content (AvgIpc) is 2.76. The molecule has 0 fully saturated rings. The zero-order valence-electron chi connectivity index (χ0n) is 16.8. The summed E-state index contributed by atoms with van der Waals surface area (Å²) in [5, 5.41) is 1.05. The highest BCUT2D eigenvalue weighted by Gasteiger charge is 2.12. The fourth-order valence-electron chi connectivity index (χ4n) is 2.94. The van der Waals surface area contributed by atoms with Crippen molar-refractivity contribution >= 4 is 46.7 Å². The molecule has 160 valence electrons. The quantitative estimate of drug-likeness (QED) is 0.255. The molecule has 0 aromatic heterocycles. The predicted octanol–water partition coefficient (Wildman–Crippen LogP) is 7.14. The van der Waals surface area contributed by atoms with Gasteiger partial charge in [-0.25, -0.2) is 0 Å². The molecule has 0 spiro atoms. The van der Waals surface area contributed by atoms with E-state index in [0.29, 0.717) is 37.9 Å². The van der Waals surface area contributed by atoms with Crippen molar-refractivity contribution in [2.24, 2.45) is 0 Å². The Morgan fingerprint density at radius 3 is 2.26 bits per heavy atom. The van der Waals surface area contributed by atoms with Gasteiger partial charge in [0.15, 0.2) is 11.5 Å². The van der Waals surface area contributed by atoms with Gasteiger partial charge in [-0.3, -0.25) is 4.79 Å². The van der Waals surface area contributed by atoms with Gasteiger partial charge in [0.2, 0.25) is 0 Å². The molecular formula is C24H19Cl3O4. The first-order chi connectivity index (χ1) is 14.9. The minimum atomic E-state index is -0.161. The molecule has 4 nitrogen and oxygen atoms in total. The van der Waals surface area contributed by atoms with Crippen LogP contribution < -0.4 is 14.2 Å². The number of ketones is 1. The van der Waals surface area contributed by atoms with Gasteiger partial charge in [-0.2, -0.15) is 0 Å². The number of para-hydroxylation sites is 1. The first-order valence-corrected chi connectivity index (χ1v) is 10.4. The number of methoxy groups -OCH3 is 2. The summed E-state index contributed by atoms with van der Waals surface area (Å²) in [6, 6.07) is 15.7. The van der Waals surface area contributed by atoms with Crippen LogP contribution in [0.5, 0.6) is 17.2 Å². The van der Waals surface area contributed by atoms with E-state index in [0.717, 1.165) is 11.1 Å². The average molecular weight is 478 g/mol. The lowest BCUT2D eigenvalue weighted by Crippen LogP contribution is -2.01. The maximum absolute atomic E-state index is 12.6. The van der Waals surface area contributed by atoms with Crippen molar-refractivity contribution < 1.29 is 19.0 Å². The molecule has 0 unspecified atom stereocenters. The molecule has 3 rings (SSSR count). The van der Waals surface area contributed by atoms with Crippen LogP contribution in [0.25, 0.3) is 6.08 Å². The Bertz CT molecular complexity index is 1100. The molecule has 3 aromatic rings. The van der Waals surface area contributed by atoms with Crippen molar-refractivity contribution in [2.45, 2.75) is 6.61 Å². The van der Waals surface area contributed by atoms with Crippen LogP contribution in [0.2, 0.25) is 15.1 Å². The van der Waals surface area contributed by atoms with Gasteiger partial charge in [-0.1, -0.05) is 59.1 Å². The maximum Gasteiger partial charge on any atom is 0.189 e. The number of hydrogen-bond donors (Lipinski definition) is 0. The van der Waals surface area contributed by atoms with E-state index in [1.807, 2.05) is 18.2 Å². The number of allylic oxidation sites excluding steroid dienone is 1. The van der Waals surface area contributed by atoms with Crippen LogP contribution in [0.3, 0.4) is 0 Å². The van der Waals surface area contributed by atoms with E-state index in [-0.39, 0.29) is 12.4 Å². The number of halogens is 3. The summed E-state index contributed by atoms with van der Waals surface area (Å²) in [5.41, 5.74) is 2.05. The predicted molar refractivity (Wildman–Crippen MR) is 125 cm³/mol. The van der Waals surface area contributed by atoms with Gasteiger partial charge in [-0.15, -0.1) is 0 Å². The molecule has 0 radical (unpaired) electrons. The highest BCUT2D eigenvalue weighted by atomic mass is 35.5. The molecule has 7 heteroatoms. The lowest BCUT2D eigenvalue weighted by Gasteiger charge is -2.13. The van der Waals surface area contributed by atoms with Gasteiger partial charge in [0, 0.05) is 10.6 Å². The highest BCUT2D eigenvalue weighted by molar-refractivity contribution is 6.40. The third kappa shape index (κ3) is 5.73. The lowest BCUT2D eigenvalue weighted by molar-refractivity contribution is 0.104. The summed E-state index contributed by atoms with van der Waals surface area (Å²) >= 11 is 18.3. The fraction of sp³-hybridized carbons (Fsp3) is 0.125. The molecule has 0 N–H and O–H groups in total. The molecule has 0 aliphatic carbocycles. The molecule has 0 atom stereocenters. The molecule has 0 bridgehead atoms. The second kappa shape index (κ2) is 10.6. The van der Waals surface area contributed by atoms with Crippen LogP contribution in [0.4, 0.5) is 0 Å². The van der Waals surface area contributed by atoms with Crippen LogP contribution in [-0.4, -0.2) is 20.0 Å². The minimum Gasteiger partial charge on any atom is -0.496 e. The molecule has 0 heterocycles. The minimum absolute atomic E-state index is 0.159. The Balaban J connectivity index is 1.81. The van der Waals surface area contributed by atoms with E-state index >= 15 is 0 Å². The van der Waals surface area contributed by atoms with Gasteiger partial charge >= 0.3 is 0 Å². The van der Waals surface area contributed by atoms with E-state index in [1.54, 1.807) is 49.6 Å². The second-order valence-corrected chi connectivity index (χ2v) is 7.71. The molecular weight excluding hydrogens is 459 g/mol. The van der Waals surface area contributed by atoms with E-state index in [4.69, 9.17) is 49.0 Å². The van der Waals surface area contributed by atoms with E-state index in [1.165, 1.54) is 13.2 Å². The van der Waals surface area contributed by atoms with Crippen molar-refractivity contribution in [2.75, 3.05) is 14.2 Å². The van der Waals surface area contributed by atoms with Crippen LogP contribution in [0.15, 0.2) is 60.7 Å². The number of carbonyl (C=O) groups is 1. The number of rotatable bonds is 8. The Morgan fingerprint density at radius 2 is 1.58 bits per heavy atom. The monoisotopic (exact) mass is 476 g/mol. The topological polar surface area (TPSA) is 44.8 Å². The van der Waals surface area contributed by atoms with Gasteiger partial charge < -0.3 is 14.2 Å². The van der Waals surface area contributed by atoms with Gasteiger partial charge in [0.1, 0.15) is 18.1 Å². The number of ether oxygens (including phenoxy) is 3. The van der Waals surface area contributed by atoms with Crippen molar-refractivity contribution in [1.82, 2.24) is 0 Å². The SMILES string of the molecule is COc1ccc(/C=C/C(=O)c2ccccc2OC)cc1COc1c(Cl)cc(Cl)cc1Cl. The van der Waals surface area contributed by atoms with Gasteiger partial charge in [0.05, 0.1) is 29.8 Å². The number of benzene rings is 3. The lowest BCUT2D eigenvalue weighted by atomic mass is 10.1. The van der Waals surface area contributed by atoms with Crippen molar-refractivity contribution in [1.29, 1.82) is 0 Å². The summed E-state index contributed by atoms with van der Waals surface area (Å²) in [7, 11) is 3.10. The summed E-state index contributed by atoms with van der Waals surface area (Å²) in [6.45, 7) is 0.159. The van der Waals surface area contributed by atoms with Crippen LogP contribution in [0, 0.1) is 0 Å². The first-order valence-electron chi connectivity index (χ1n) is 9.22. The molecule has 0 saturated carbocycles. The Morgan fingerprint density at radius 1 is 0.903 bits per heavy atom. The van der Waals surface area contributed by atoms with Crippen molar-refractivity contribution in [3.05, 3.63) is 92.4 Å². The van der Waals surface area contributed by atoms with Crippen LogP contribution in [0.1, 0.15) is 21.5 Å². The third-order valence-corrected chi connectivity index (χ3v) is 5.22. The maximum atomic E-state index is 12.6. The molecule has 3 aromatic carbocycles.